The van der Waals surface area contributed by atoms with Gasteiger partial charge in [0.25, 0.3) is 5.91 Å². The summed E-state index contributed by atoms with van der Waals surface area (Å²) in [7, 11) is 0. The number of rotatable bonds is 8. The van der Waals surface area contributed by atoms with Gasteiger partial charge in [0.15, 0.2) is 6.61 Å². The molecular formula is C21H22Cl2N4O4. The van der Waals surface area contributed by atoms with Crippen LogP contribution in [0.25, 0.3) is 0 Å². The highest BCUT2D eigenvalue weighted by Gasteiger charge is 2.12. The van der Waals surface area contributed by atoms with Crippen LogP contribution in [0.2, 0.25) is 10.0 Å². The number of anilines is 1. The van der Waals surface area contributed by atoms with E-state index in [4.69, 9.17) is 27.9 Å². The molecule has 3 amide bonds. The van der Waals surface area contributed by atoms with Crippen LogP contribution in [0, 0.1) is 5.92 Å². The molecule has 2 aromatic carbocycles. The Balaban J connectivity index is 1.85. The molecule has 0 radical (unpaired) electrons. The normalized spacial score (nSPS) is 10.7. The number of carbonyl (C=O) groups excluding carboxylic acids is 3. The molecule has 0 saturated carbocycles. The van der Waals surface area contributed by atoms with E-state index in [1.807, 2.05) is 13.8 Å². The van der Waals surface area contributed by atoms with E-state index in [2.05, 4.69) is 21.2 Å². The topological polar surface area (TPSA) is 109 Å². The molecule has 164 valence electrons. The van der Waals surface area contributed by atoms with E-state index in [9.17, 15) is 14.4 Å². The van der Waals surface area contributed by atoms with Gasteiger partial charge in [-0.25, -0.2) is 5.43 Å². The number of nitrogens with one attached hydrogen (secondary N) is 3. The molecule has 2 aromatic rings. The molecule has 31 heavy (non-hydrogen) atoms. The van der Waals surface area contributed by atoms with E-state index in [1.54, 1.807) is 36.4 Å². The minimum absolute atomic E-state index is 0.227. The maximum atomic E-state index is 12.0. The summed E-state index contributed by atoms with van der Waals surface area (Å²) in [4.78, 5) is 35.2. The zero-order valence-electron chi connectivity index (χ0n) is 16.9. The van der Waals surface area contributed by atoms with Gasteiger partial charge in [-0.3, -0.25) is 14.4 Å². The van der Waals surface area contributed by atoms with Crippen LogP contribution in [0.15, 0.2) is 47.6 Å². The number of halogens is 2. The molecule has 0 atom stereocenters. The first-order chi connectivity index (χ1) is 14.8. The van der Waals surface area contributed by atoms with Crippen LogP contribution in [0.1, 0.15) is 19.4 Å². The number of ether oxygens (including phenoxy) is 1. The molecule has 0 aliphatic rings. The van der Waals surface area contributed by atoms with Crippen LogP contribution < -0.4 is 20.8 Å². The van der Waals surface area contributed by atoms with Gasteiger partial charge in [-0.15, -0.1) is 0 Å². The lowest BCUT2D eigenvalue weighted by atomic mass is 10.2. The van der Waals surface area contributed by atoms with E-state index in [-0.39, 0.29) is 17.5 Å². The third-order valence-electron chi connectivity index (χ3n) is 3.72. The van der Waals surface area contributed by atoms with Gasteiger partial charge in [0.05, 0.1) is 21.9 Å². The van der Waals surface area contributed by atoms with Crippen molar-refractivity contribution in [2.24, 2.45) is 11.0 Å². The fraction of sp³-hybridized carbons (Fsp3) is 0.238. The molecular weight excluding hydrogens is 443 g/mol. The lowest BCUT2D eigenvalue weighted by Crippen LogP contribution is -2.39. The van der Waals surface area contributed by atoms with Crippen LogP contribution in [0.3, 0.4) is 0 Å². The van der Waals surface area contributed by atoms with Crippen LogP contribution in [0.4, 0.5) is 5.69 Å². The number of carbonyl (C=O) groups is 3. The monoisotopic (exact) mass is 464 g/mol. The van der Waals surface area contributed by atoms with Crippen molar-refractivity contribution in [2.45, 2.75) is 13.8 Å². The molecule has 8 nitrogen and oxygen atoms in total. The highest BCUT2D eigenvalue weighted by atomic mass is 35.5. The molecule has 0 bridgehead atoms. The molecule has 0 unspecified atom stereocenters. The smallest absolute Gasteiger partial charge is 0.329 e. The van der Waals surface area contributed by atoms with E-state index < -0.39 is 17.7 Å². The van der Waals surface area contributed by atoms with Gasteiger partial charge in [-0.2, -0.15) is 5.10 Å². The second-order valence-corrected chi connectivity index (χ2v) is 7.62. The molecule has 0 spiro atoms. The molecule has 0 aromatic heterocycles. The van der Waals surface area contributed by atoms with Gasteiger partial charge < -0.3 is 15.4 Å². The Labute approximate surface area is 189 Å². The van der Waals surface area contributed by atoms with E-state index in [1.165, 1.54) is 12.3 Å². The van der Waals surface area contributed by atoms with Crippen LogP contribution in [0.5, 0.6) is 5.75 Å². The van der Waals surface area contributed by atoms with Crippen molar-refractivity contribution in [1.29, 1.82) is 0 Å². The van der Waals surface area contributed by atoms with Crippen molar-refractivity contribution in [2.75, 3.05) is 18.5 Å². The number of benzene rings is 2. The number of nitrogens with zero attached hydrogens (tertiary/aromatic N) is 1. The zero-order valence-corrected chi connectivity index (χ0v) is 18.5. The summed E-state index contributed by atoms with van der Waals surface area (Å²) in [5.41, 5.74) is 3.18. The van der Waals surface area contributed by atoms with Gasteiger partial charge in [-0.1, -0.05) is 49.2 Å². The molecule has 0 saturated heterocycles. The minimum Gasteiger partial charge on any atom is -0.482 e. The van der Waals surface area contributed by atoms with Gasteiger partial charge in [0.2, 0.25) is 0 Å². The van der Waals surface area contributed by atoms with Gasteiger partial charge in [-0.05, 0) is 41.8 Å². The molecule has 0 heterocycles. The first-order valence-electron chi connectivity index (χ1n) is 9.34. The van der Waals surface area contributed by atoms with Crippen LogP contribution in [-0.2, 0) is 14.4 Å². The SMILES string of the molecule is CC(C)CNC(=O)C(=O)N/N=C\c1ccc(OCC(=O)Nc2ccccc2Cl)c(Cl)c1. The Morgan fingerprint density at radius 3 is 2.48 bits per heavy atom. The van der Waals surface area contributed by atoms with Crippen molar-refractivity contribution in [3.63, 3.8) is 0 Å². The van der Waals surface area contributed by atoms with Crippen molar-refractivity contribution in [3.05, 3.63) is 58.1 Å². The number of hydrazone groups is 1. The summed E-state index contributed by atoms with van der Waals surface area (Å²) >= 11 is 12.2. The lowest BCUT2D eigenvalue weighted by Gasteiger charge is -2.10. The Hall–Kier alpha value is -3.10. The summed E-state index contributed by atoms with van der Waals surface area (Å²) < 4.78 is 5.43. The summed E-state index contributed by atoms with van der Waals surface area (Å²) in [6, 6.07) is 11.6. The summed E-state index contributed by atoms with van der Waals surface area (Å²) in [6.45, 7) is 3.96. The van der Waals surface area contributed by atoms with Crippen molar-refractivity contribution >= 4 is 52.8 Å². The maximum absolute atomic E-state index is 12.0. The van der Waals surface area contributed by atoms with Crippen LogP contribution >= 0.6 is 23.2 Å². The molecule has 0 fully saturated rings. The standard InChI is InChI=1S/C21H22Cl2N4O4/c1-13(2)10-24-20(29)21(30)27-25-11-14-7-8-18(16(23)9-14)31-12-19(28)26-17-6-4-3-5-15(17)22/h3-9,11,13H,10,12H2,1-2H3,(H,24,29)(H,26,28)(H,27,30)/b25-11-. The van der Waals surface area contributed by atoms with E-state index >= 15 is 0 Å². The van der Waals surface area contributed by atoms with Crippen LogP contribution in [-0.4, -0.2) is 37.1 Å². The second-order valence-electron chi connectivity index (χ2n) is 6.81. The average Bonchev–Trinajstić information content (AvgIpc) is 2.73. The third-order valence-corrected chi connectivity index (χ3v) is 4.34. The van der Waals surface area contributed by atoms with Crippen molar-refractivity contribution < 1.29 is 19.1 Å². The number of hydrogen-bond donors (Lipinski definition) is 3. The highest BCUT2D eigenvalue weighted by molar-refractivity contribution is 6.35. The Morgan fingerprint density at radius 1 is 1.06 bits per heavy atom. The predicted octanol–water partition coefficient (Wildman–Crippen LogP) is 3.23. The fourth-order valence-corrected chi connectivity index (χ4v) is 2.63. The summed E-state index contributed by atoms with van der Waals surface area (Å²) in [5.74, 6) is -1.50. The van der Waals surface area contributed by atoms with Gasteiger partial charge in [0, 0.05) is 6.54 Å². The van der Waals surface area contributed by atoms with E-state index in [0.29, 0.717) is 28.6 Å². The molecule has 0 aliphatic carbocycles. The Bertz CT molecular complexity index is 980. The zero-order chi connectivity index (χ0) is 22.8. The molecule has 0 aliphatic heterocycles. The fourth-order valence-electron chi connectivity index (χ4n) is 2.20. The lowest BCUT2D eigenvalue weighted by molar-refractivity contribution is -0.139. The summed E-state index contributed by atoms with van der Waals surface area (Å²) in [5, 5.41) is 9.52. The highest BCUT2D eigenvalue weighted by Crippen LogP contribution is 2.25. The maximum Gasteiger partial charge on any atom is 0.329 e. The molecule has 3 N–H and O–H groups in total. The first kappa shape index (κ1) is 24.2. The van der Waals surface area contributed by atoms with Crippen molar-refractivity contribution in [3.8, 4) is 5.75 Å². The van der Waals surface area contributed by atoms with Gasteiger partial charge >= 0.3 is 11.8 Å². The van der Waals surface area contributed by atoms with E-state index in [0.717, 1.165) is 0 Å². The average molecular weight is 465 g/mol. The largest absolute Gasteiger partial charge is 0.482 e. The second kappa shape index (κ2) is 11.9. The Morgan fingerprint density at radius 2 is 1.81 bits per heavy atom. The predicted molar refractivity (Wildman–Crippen MR) is 121 cm³/mol. The molecule has 2 rings (SSSR count). The number of amides is 3. The Kier molecular flexibility index (Phi) is 9.30. The minimum atomic E-state index is -0.868. The molecule has 10 heteroatoms. The van der Waals surface area contributed by atoms with Crippen molar-refractivity contribution in [1.82, 2.24) is 10.7 Å². The third kappa shape index (κ3) is 8.27. The number of para-hydroxylation sites is 1. The quantitative estimate of drug-likeness (QED) is 0.316. The van der Waals surface area contributed by atoms with Gasteiger partial charge in [0.1, 0.15) is 5.75 Å². The first-order valence-corrected chi connectivity index (χ1v) is 10.1. The number of hydrogen-bond acceptors (Lipinski definition) is 5. The summed E-state index contributed by atoms with van der Waals surface area (Å²) in [6.07, 6.45) is 1.33.